The van der Waals surface area contributed by atoms with E-state index < -0.39 is 0 Å². The summed E-state index contributed by atoms with van der Waals surface area (Å²) in [6.45, 7) is 1.92. The second-order valence-corrected chi connectivity index (χ2v) is 3.84. The molecule has 0 saturated heterocycles. The third-order valence-electron chi connectivity index (χ3n) is 2.52. The van der Waals surface area contributed by atoms with Gasteiger partial charge in [0.25, 0.3) is 0 Å². The van der Waals surface area contributed by atoms with E-state index in [2.05, 4.69) is 24.7 Å². The van der Waals surface area contributed by atoms with Crippen LogP contribution >= 0.6 is 0 Å². The van der Waals surface area contributed by atoms with E-state index in [4.69, 9.17) is 0 Å². The van der Waals surface area contributed by atoms with Gasteiger partial charge in [0.2, 0.25) is 0 Å². The molecule has 0 radical (unpaired) electrons. The van der Waals surface area contributed by atoms with Gasteiger partial charge in [-0.1, -0.05) is 0 Å². The lowest BCUT2D eigenvalue weighted by Crippen LogP contribution is -1.98. The zero-order valence-corrected chi connectivity index (χ0v) is 8.46. The van der Waals surface area contributed by atoms with Crippen LogP contribution in [-0.2, 0) is 0 Å². The Morgan fingerprint density at radius 2 is 2.13 bits per heavy atom. The number of aromatic nitrogens is 5. The lowest BCUT2D eigenvalue weighted by Gasteiger charge is -2.02. The molecule has 1 aliphatic carbocycles. The summed E-state index contributed by atoms with van der Waals surface area (Å²) in [4.78, 5) is 8.52. The molecule has 0 amide bonds. The van der Waals surface area contributed by atoms with E-state index in [9.17, 15) is 0 Å². The first kappa shape index (κ1) is 8.52. The molecular weight excluding hydrogens is 190 g/mol. The number of nitrogens with zero attached hydrogens (tertiary/aromatic N) is 5. The summed E-state index contributed by atoms with van der Waals surface area (Å²) in [5.41, 5.74) is 1.71. The smallest absolute Gasteiger partial charge is 0.184 e. The molecule has 0 aliphatic heterocycles. The summed E-state index contributed by atoms with van der Waals surface area (Å²) in [7, 11) is 0. The second-order valence-electron chi connectivity index (χ2n) is 3.84. The number of hydrogen-bond acceptors (Lipinski definition) is 4. The molecule has 76 valence electrons. The van der Waals surface area contributed by atoms with Crippen LogP contribution in [0, 0.1) is 6.92 Å². The molecule has 0 unspecified atom stereocenters. The highest BCUT2D eigenvalue weighted by Crippen LogP contribution is 2.36. The fraction of sp³-hybridized carbons (Fsp3) is 0.400. The SMILES string of the molecule is Cc1cnc(-c2nncn2C2CC2)cn1. The number of hydrogen-bond donors (Lipinski definition) is 0. The summed E-state index contributed by atoms with van der Waals surface area (Å²) in [6, 6.07) is 0.568. The molecule has 15 heavy (non-hydrogen) atoms. The van der Waals surface area contributed by atoms with E-state index in [0.29, 0.717) is 6.04 Å². The number of rotatable bonds is 2. The molecule has 0 bridgehead atoms. The summed E-state index contributed by atoms with van der Waals surface area (Å²) in [6.07, 6.45) is 7.70. The lowest BCUT2D eigenvalue weighted by molar-refractivity contribution is 0.743. The van der Waals surface area contributed by atoms with Crippen molar-refractivity contribution in [1.82, 2.24) is 24.7 Å². The van der Waals surface area contributed by atoms with Crippen LogP contribution in [0.3, 0.4) is 0 Å². The predicted molar refractivity (Wildman–Crippen MR) is 54.1 cm³/mol. The Morgan fingerprint density at radius 1 is 1.27 bits per heavy atom. The highest BCUT2D eigenvalue weighted by Gasteiger charge is 2.26. The molecule has 0 N–H and O–H groups in total. The Kier molecular flexibility index (Phi) is 1.77. The Bertz CT molecular complexity index is 469. The van der Waals surface area contributed by atoms with Crippen molar-refractivity contribution in [3.63, 3.8) is 0 Å². The molecule has 3 rings (SSSR count). The van der Waals surface area contributed by atoms with Crippen LogP contribution in [0.15, 0.2) is 18.7 Å². The van der Waals surface area contributed by atoms with Gasteiger partial charge in [-0.15, -0.1) is 10.2 Å². The quantitative estimate of drug-likeness (QED) is 0.736. The van der Waals surface area contributed by atoms with Gasteiger partial charge in [-0.25, -0.2) is 4.98 Å². The van der Waals surface area contributed by atoms with E-state index in [1.165, 1.54) is 12.8 Å². The molecule has 5 nitrogen and oxygen atoms in total. The van der Waals surface area contributed by atoms with E-state index in [1.807, 2.05) is 6.92 Å². The van der Waals surface area contributed by atoms with Crippen LogP contribution in [0.4, 0.5) is 0 Å². The molecule has 0 spiro atoms. The lowest BCUT2D eigenvalue weighted by atomic mass is 10.4. The van der Waals surface area contributed by atoms with Gasteiger partial charge in [0, 0.05) is 12.2 Å². The van der Waals surface area contributed by atoms with E-state index in [1.54, 1.807) is 18.7 Å². The van der Waals surface area contributed by atoms with Crippen molar-refractivity contribution in [1.29, 1.82) is 0 Å². The molecule has 1 fully saturated rings. The first-order chi connectivity index (χ1) is 7.34. The fourth-order valence-electron chi connectivity index (χ4n) is 1.55. The van der Waals surface area contributed by atoms with Crippen LogP contribution in [-0.4, -0.2) is 24.7 Å². The van der Waals surface area contributed by atoms with E-state index in [-0.39, 0.29) is 0 Å². The molecule has 1 saturated carbocycles. The second kappa shape index (κ2) is 3.12. The average molecular weight is 201 g/mol. The van der Waals surface area contributed by atoms with Crippen LogP contribution in [0.1, 0.15) is 24.6 Å². The van der Waals surface area contributed by atoms with Gasteiger partial charge in [0.05, 0.1) is 11.9 Å². The van der Waals surface area contributed by atoms with Crippen molar-refractivity contribution >= 4 is 0 Å². The molecule has 2 aromatic rings. The Hall–Kier alpha value is -1.78. The van der Waals surface area contributed by atoms with Gasteiger partial charge in [-0.2, -0.15) is 0 Å². The average Bonchev–Trinajstić information content (AvgIpc) is 2.98. The number of aryl methyl sites for hydroxylation is 1. The molecular formula is C10H11N5. The van der Waals surface area contributed by atoms with Gasteiger partial charge in [0.1, 0.15) is 12.0 Å². The monoisotopic (exact) mass is 201 g/mol. The minimum atomic E-state index is 0.568. The van der Waals surface area contributed by atoms with Crippen molar-refractivity contribution in [2.45, 2.75) is 25.8 Å². The van der Waals surface area contributed by atoms with Gasteiger partial charge < -0.3 is 4.57 Å². The minimum absolute atomic E-state index is 0.568. The van der Waals surface area contributed by atoms with Crippen LogP contribution in [0.2, 0.25) is 0 Å². The summed E-state index contributed by atoms with van der Waals surface area (Å²) in [5, 5.41) is 8.02. The van der Waals surface area contributed by atoms with Crippen molar-refractivity contribution in [2.75, 3.05) is 0 Å². The van der Waals surface area contributed by atoms with Crippen molar-refractivity contribution in [3.05, 3.63) is 24.4 Å². The predicted octanol–water partition coefficient (Wildman–Crippen LogP) is 1.38. The van der Waals surface area contributed by atoms with Crippen molar-refractivity contribution in [3.8, 4) is 11.5 Å². The summed E-state index contributed by atoms with van der Waals surface area (Å²) >= 11 is 0. The van der Waals surface area contributed by atoms with E-state index >= 15 is 0 Å². The maximum atomic E-state index is 4.31. The fourth-order valence-corrected chi connectivity index (χ4v) is 1.55. The minimum Gasteiger partial charge on any atom is -0.309 e. The normalized spacial score (nSPS) is 15.5. The van der Waals surface area contributed by atoms with E-state index in [0.717, 1.165) is 17.2 Å². The molecule has 2 heterocycles. The third kappa shape index (κ3) is 1.49. The maximum absolute atomic E-state index is 4.31. The van der Waals surface area contributed by atoms with Crippen molar-refractivity contribution in [2.24, 2.45) is 0 Å². The summed E-state index contributed by atoms with van der Waals surface area (Å²) in [5.74, 6) is 0.824. The largest absolute Gasteiger partial charge is 0.309 e. The Labute approximate surface area is 87.2 Å². The first-order valence-electron chi connectivity index (χ1n) is 5.03. The molecule has 0 atom stereocenters. The van der Waals surface area contributed by atoms with Crippen LogP contribution in [0.25, 0.3) is 11.5 Å². The Balaban J connectivity index is 2.04. The first-order valence-corrected chi connectivity index (χ1v) is 5.03. The molecule has 0 aromatic carbocycles. The van der Waals surface area contributed by atoms with Gasteiger partial charge >= 0.3 is 0 Å². The zero-order chi connectivity index (χ0) is 10.3. The highest BCUT2D eigenvalue weighted by atomic mass is 15.3. The van der Waals surface area contributed by atoms with Gasteiger partial charge in [-0.3, -0.25) is 4.98 Å². The molecule has 5 heteroatoms. The Morgan fingerprint density at radius 3 is 2.80 bits per heavy atom. The molecule has 2 aromatic heterocycles. The third-order valence-corrected chi connectivity index (χ3v) is 2.52. The van der Waals surface area contributed by atoms with Crippen molar-refractivity contribution < 1.29 is 0 Å². The van der Waals surface area contributed by atoms with Crippen LogP contribution < -0.4 is 0 Å². The highest BCUT2D eigenvalue weighted by molar-refractivity contribution is 5.47. The summed E-state index contributed by atoms with van der Waals surface area (Å²) < 4.78 is 2.08. The van der Waals surface area contributed by atoms with Gasteiger partial charge in [-0.05, 0) is 19.8 Å². The molecule has 1 aliphatic rings. The zero-order valence-electron chi connectivity index (χ0n) is 8.46. The maximum Gasteiger partial charge on any atom is 0.184 e. The topological polar surface area (TPSA) is 56.5 Å². The van der Waals surface area contributed by atoms with Gasteiger partial charge in [0.15, 0.2) is 5.82 Å². The van der Waals surface area contributed by atoms with Crippen LogP contribution in [0.5, 0.6) is 0 Å². The standard InChI is InChI=1S/C10H11N5/c1-7-4-12-9(5-11-7)10-14-13-6-15(10)8-2-3-8/h4-6,8H,2-3H2,1H3.